The Bertz CT molecular complexity index is 2440. The van der Waals surface area contributed by atoms with Crippen molar-refractivity contribution in [3.63, 3.8) is 0 Å². The number of benzene rings is 6. The van der Waals surface area contributed by atoms with Crippen LogP contribution < -0.4 is 0 Å². The first-order valence-corrected chi connectivity index (χ1v) is 15.1. The Hall–Kier alpha value is -6.40. The lowest BCUT2D eigenvalue weighted by Gasteiger charge is -2.09. The highest BCUT2D eigenvalue weighted by Gasteiger charge is 2.16. The molecule has 6 aromatic carbocycles. The van der Waals surface area contributed by atoms with Crippen molar-refractivity contribution in [2.45, 2.75) is 0 Å². The smallest absolute Gasteiger partial charge is 0.307 e. The fourth-order valence-corrected chi connectivity index (χ4v) is 5.97. The van der Waals surface area contributed by atoms with E-state index in [4.69, 9.17) is 24.4 Å². The van der Waals surface area contributed by atoms with Crippen molar-refractivity contribution in [3.8, 4) is 56.4 Å². The van der Waals surface area contributed by atoms with E-state index in [1.165, 1.54) is 0 Å². The lowest BCUT2D eigenvalue weighted by Crippen LogP contribution is -2.00. The molecule has 46 heavy (non-hydrogen) atoms. The number of rotatable bonds is 5. The Labute approximate surface area is 264 Å². The number of hydrogen-bond acceptors (Lipinski definition) is 5. The molecule has 0 fully saturated rings. The summed E-state index contributed by atoms with van der Waals surface area (Å²) >= 11 is 0. The summed E-state index contributed by atoms with van der Waals surface area (Å²) in [6, 6.07) is 51.4. The zero-order valence-electron chi connectivity index (χ0n) is 24.6. The predicted molar refractivity (Wildman–Crippen MR) is 183 cm³/mol. The van der Waals surface area contributed by atoms with Gasteiger partial charge in [0.1, 0.15) is 0 Å². The third-order valence-electron chi connectivity index (χ3n) is 8.31. The topological polar surface area (TPSA) is 69.1 Å². The molecule has 0 amide bonds. The second-order valence-corrected chi connectivity index (χ2v) is 11.2. The van der Waals surface area contributed by atoms with E-state index in [1.54, 1.807) is 0 Å². The lowest BCUT2D eigenvalue weighted by molar-refractivity contribution is 0.643. The molecule has 6 nitrogen and oxygen atoms in total. The molecule has 0 aliphatic heterocycles. The van der Waals surface area contributed by atoms with Gasteiger partial charge >= 0.3 is 5.84 Å². The maximum atomic E-state index is 6.15. The molecule has 0 aliphatic rings. The average Bonchev–Trinajstić information content (AvgIpc) is 3.68. The van der Waals surface area contributed by atoms with Crippen LogP contribution >= 0.6 is 0 Å². The van der Waals surface area contributed by atoms with Gasteiger partial charge in [-0.3, -0.25) is 4.40 Å². The molecule has 216 valence electrons. The molecule has 0 N–H and O–H groups in total. The number of fused-ring (bicyclic) bond motifs is 5. The normalized spacial score (nSPS) is 11.5. The summed E-state index contributed by atoms with van der Waals surface area (Å²) in [4.78, 5) is 19.4. The van der Waals surface area contributed by atoms with Gasteiger partial charge < -0.3 is 4.42 Å². The molecular formula is C40H25N5O. The van der Waals surface area contributed by atoms with Gasteiger partial charge in [-0.15, -0.1) is 0 Å². The van der Waals surface area contributed by atoms with Crippen LogP contribution in [0.1, 0.15) is 0 Å². The SMILES string of the molecule is c1ccc(-c2ccc3oc4nc5ccc(-c6ccc(-c7nc(-c8ccccc8)nc(-c8ccccc8)n7)cc6)cc5n4c3c2)cc1. The summed E-state index contributed by atoms with van der Waals surface area (Å²) in [7, 11) is 0. The number of imidazole rings is 1. The van der Waals surface area contributed by atoms with Crippen molar-refractivity contribution >= 4 is 28.0 Å². The average molecular weight is 592 g/mol. The molecule has 0 unspecified atom stereocenters. The van der Waals surface area contributed by atoms with Gasteiger partial charge in [-0.1, -0.05) is 127 Å². The standard InChI is InChI=1S/C40H25N5O/c1-4-10-26(11-5-1)32-21-23-36-35(25-32)45-34-24-31(20-22-33(34)41-40(45)46-36)27-16-18-30(19-17-27)39-43-37(28-12-6-2-7-13-28)42-38(44-39)29-14-8-3-9-15-29/h1-25H. The Morgan fingerprint density at radius 2 is 0.804 bits per heavy atom. The Morgan fingerprint density at radius 1 is 0.370 bits per heavy atom. The van der Waals surface area contributed by atoms with E-state index < -0.39 is 0 Å². The molecule has 9 aromatic rings. The molecule has 0 saturated carbocycles. The monoisotopic (exact) mass is 591 g/mol. The van der Waals surface area contributed by atoms with Crippen LogP contribution in [0.25, 0.3) is 84.4 Å². The molecule has 0 bridgehead atoms. The van der Waals surface area contributed by atoms with Crippen molar-refractivity contribution < 1.29 is 4.42 Å². The first-order chi connectivity index (χ1) is 22.8. The fourth-order valence-electron chi connectivity index (χ4n) is 5.97. The second kappa shape index (κ2) is 10.6. The van der Waals surface area contributed by atoms with E-state index in [0.29, 0.717) is 23.3 Å². The lowest BCUT2D eigenvalue weighted by atomic mass is 10.0. The van der Waals surface area contributed by atoms with E-state index in [-0.39, 0.29) is 0 Å². The van der Waals surface area contributed by atoms with E-state index in [2.05, 4.69) is 83.3 Å². The first-order valence-electron chi connectivity index (χ1n) is 15.1. The Morgan fingerprint density at radius 3 is 1.39 bits per heavy atom. The third-order valence-corrected chi connectivity index (χ3v) is 8.31. The summed E-state index contributed by atoms with van der Waals surface area (Å²) in [6.45, 7) is 0. The summed E-state index contributed by atoms with van der Waals surface area (Å²) < 4.78 is 8.26. The maximum absolute atomic E-state index is 6.15. The van der Waals surface area contributed by atoms with Crippen molar-refractivity contribution in [3.05, 3.63) is 152 Å². The minimum Gasteiger partial charge on any atom is -0.423 e. The van der Waals surface area contributed by atoms with Gasteiger partial charge in [0, 0.05) is 16.7 Å². The molecule has 0 aliphatic carbocycles. The van der Waals surface area contributed by atoms with E-state index in [1.807, 2.05) is 72.8 Å². The minimum atomic E-state index is 0.584. The predicted octanol–water partition coefficient (Wildman–Crippen LogP) is 9.75. The first kappa shape index (κ1) is 26.0. The summed E-state index contributed by atoms with van der Waals surface area (Å²) in [5.74, 6) is 2.50. The van der Waals surface area contributed by atoms with Gasteiger partial charge in [-0.2, -0.15) is 4.98 Å². The zero-order chi connectivity index (χ0) is 30.5. The number of aromatic nitrogens is 5. The second-order valence-electron chi connectivity index (χ2n) is 11.2. The highest BCUT2D eigenvalue weighted by molar-refractivity contribution is 5.92. The van der Waals surface area contributed by atoms with Crippen LogP contribution in [0.5, 0.6) is 0 Å². The molecule has 0 saturated heterocycles. The summed E-state index contributed by atoms with van der Waals surface area (Å²) in [5.41, 5.74) is 11.0. The van der Waals surface area contributed by atoms with Gasteiger partial charge in [0.15, 0.2) is 23.1 Å². The van der Waals surface area contributed by atoms with Crippen LogP contribution in [0.2, 0.25) is 0 Å². The van der Waals surface area contributed by atoms with Gasteiger partial charge in [0.2, 0.25) is 0 Å². The highest BCUT2D eigenvalue weighted by Crippen LogP contribution is 2.33. The van der Waals surface area contributed by atoms with Crippen LogP contribution in [0.3, 0.4) is 0 Å². The van der Waals surface area contributed by atoms with Crippen LogP contribution in [0.15, 0.2) is 156 Å². The van der Waals surface area contributed by atoms with Crippen LogP contribution in [-0.2, 0) is 0 Å². The minimum absolute atomic E-state index is 0.584. The van der Waals surface area contributed by atoms with Gasteiger partial charge in [-0.25, -0.2) is 15.0 Å². The molecule has 0 radical (unpaired) electrons. The van der Waals surface area contributed by atoms with Gasteiger partial charge in [-0.05, 0) is 46.5 Å². The molecule has 6 heteroatoms. The van der Waals surface area contributed by atoms with Crippen LogP contribution in [0.4, 0.5) is 0 Å². The molecule has 0 spiro atoms. The number of oxazole rings is 1. The summed E-state index contributed by atoms with van der Waals surface area (Å²) in [6.07, 6.45) is 0. The molecule has 3 aromatic heterocycles. The van der Waals surface area contributed by atoms with E-state index in [0.717, 1.165) is 61.1 Å². The van der Waals surface area contributed by atoms with Crippen LogP contribution in [-0.4, -0.2) is 24.3 Å². The number of hydrogen-bond donors (Lipinski definition) is 0. The highest BCUT2D eigenvalue weighted by atomic mass is 16.4. The quantitative estimate of drug-likeness (QED) is 0.199. The van der Waals surface area contributed by atoms with Gasteiger partial charge in [0.05, 0.1) is 16.6 Å². The fraction of sp³-hybridized carbons (Fsp3) is 0. The van der Waals surface area contributed by atoms with E-state index in [9.17, 15) is 0 Å². The van der Waals surface area contributed by atoms with Crippen molar-refractivity contribution in [1.82, 2.24) is 24.3 Å². The molecule has 3 heterocycles. The van der Waals surface area contributed by atoms with Crippen LogP contribution in [0, 0.1) is 0 Å². The van der Waals surface area contributed by atoms with Gasteiger partial charge in [0.25, 0.3) is 0 Å². The van der Waals surface area contributed by atoms with Crippen molar-refractivity contribution in [1.29, 1.82) is 0 Å². The zero-order valence-corrected chi connectivity index (χ0v) is 24.6. The van der Waals surface area contributed by atoms with Crippen molar-refractivity contribution in [2.75, 3.05) is 0 Å². The maximum Gasteiger partial charge on any atom is 0.307 e. The number of nitrogens with zero attached hydrogens (tertiary/aromatic N) is 5. The molecule has 0 atom stereocenters. The Kier molecular flexibility index (Phi) is 6.03. The molecular weight excluding hydrogens is 566 g/mol. The third kappa shape index (κ3) is 4.52. The largest absolute Gasteiger partial charge is 0.423 e. The Balaban J connectivity index is 1.12. The van der Waals surface area contributed by atoms with E-state index >= 15 is 0 Å². The molecule has 9 rings (SSSR count). The van der Waals surface area contributed by atoms with Crippen molar-refractivity contribution in [2.24, 2.45) is 0 Å². The summed E-state index contributed by atoms with van der Waals surface area (Å²) in [5, 5.41) is 0.